The Morgan fingerprint density at radius 2 is 1.53 bits per heavy atom. The fraction of sp³-hybridized carbons (Fsp3) is 0.508. The van der Waals surface area contributed by atoms with Crippen LogP contribution in [0.15, 0.2) is 60.7 Å². The molecule has 1 aromatic heterocycles. The molecule has 24 nitrogen and oxygen atoms in total. The summed E-state index contributed by atoms with van der Waals surface area (Å²) in [6.45, 7) is 6.88. The molecule has 0 saturated carbocycles. The van der Waals surface area contributed by atoms with Gasteiger partial charge in [-0.15, -0.1) is 11.3 Å². The molecule has 3 aromatic carbocycles. The van der Waals surface area contributed by atoms with E-state index in [4.69, 9.17) is 5.73 Å². The molecule has 2 unspecified atom stereocenters. The molecule has 90 heavy (non-hydrogen) atoms. The molecule has 5 aliphatic heterocycles. The molecule has 7 atom stereocenters. The number of aliphatic hydroxyl groups is 1. The number of piperazine rings is 1. The number of piperidine rings is 1. The topological polar surface area (TPSA) is 334 Å². The van der Waals surface area contributed by atoms with Gasteiger partial charge in [-0.1, -0.05) is 51.1 Å². The molecule has 5 aliphatic rings. The number of carbonyl (C=O) groups is 9. The highest BCUT2D eigenvalue weighted by Crippen LogP contribution is 2.59. The second-order valence-corrected chi connectivity index (χ2v) is 27.0. The van der Waals surface area contributed by atoms with E-state index in [0.717, 1.165) is 46.7 Å². The third-order valence-electron chi connectivity index (χ3n) is 17.1. The van der Waals surface area contributed by atoms with Crippen molar-refractivity contribution in [3.8, 4) is 0 Å². The van der Waals surface area contributed by atoms with Crippen molar-refractivity contribution in [2.24, 2.45) is 5.73 Å². The zero-order valence-corrected chi connectivity index (χ0v) is 51.1. The monoisotopic (exact) mass is 1300 g/mol. The van der Waals surface area contributed by atoms with Crippen LogP contribution in [0.1, 0.15) is 113 Å². The number of nitrogens with one attached hydrogen (secondary N) is 5. The van der Waals surface area contributed by atoms with Gasteiger partial charge in [0.15, 0.2) is 0 Å². The number of hydrogen-bond donors (Lipinski definition) is 9. The van der Waals surface area contributed by atoms with E-state index in [1.54, 1.807) is 4.90 Å². The number of halogens is 5. The molecule has 0 radical (unpaired) electrons. The van der Waals surface area contributed by atoms with Crippen molar-refractivity contribution in [2.45, 2.75) is 132 Å². The lowest BCUT2D eigenvalue weighted by Crippen LogP contribution is -2.62. The predicted molar refractivity (Wildman–Crippen MR) is 316 cm³/mol. The van der Waals surface area contributed by atoms with Crippen molar-refractivity contribution < 1.29 is 84.6 Å². The smallest absolute Gasteiger partial charge is 0.383 e. The van der Waals surface area contributed by atoms with Crippen LogP contribution in [-0.2, 0) is 50.8 Å². The average molecular weight is 1300 g/mol. The largest absolute Gasteiger partial charge is 0.399 e. The lowest BCUT2D eigenvalue weighted by molar-refractivity contribution is -0.144. The van der Waals surface area contributed by atoms with Gasteiger partial charge in [0.05, 0.1) is 28.6 Å². The fourth-order valence-electron chi connectivity index (χ4n) is 12.2. The van der Waals surface area contributed by atoms with Crippen molar-refractivity contribution in [2.75, 3.05) is 64.2 Å². The number of imide groups is 2. The van der Waals surface area contributed by atoms with E-state index in [1.165, 1.54) is 21.9 Å². The van der Waals surface area contributed by atoms with Crippen LogP contribution in [0.5, 0.6) is 0 Å². The van der Waals surface area contributed by atoms with E-state index in [0.29, 0.717) is 24.5 Å². The standard InChI is InChI=1S/C59H71F5N11O13PS/c1-58(2,3)33-6-4-31(5-7-33)26-39(54(82)73-24-22-71(23-25-73)21-19-66-37-11-10-36(60)48-49(37)57(85)75(56(48)84)42-14-17-47(77)70-52(42)80)68-50(78)38(12-16-46(65)76)67-51(79)41-13-9-35-18-20-72(30-45(61)62)29-40(55(83)74(35)41)69-53(81)44-28-32-27-34(8-15-43(32)90-44)59(63,64)89(86,87)88/h4-8,10-11,15,27-28,35,38-42,45,54,66,82H,9,12-14,16-26,29-30H2,1-3H3,(H2,65,76)(H,67,79)(H,68,78)(H,69,81)(H,70,77,80)(H2,86,87,88)/t35-,38+,39+,40+,41+,42?,54?/m1/s1. The van der Waals surface area contributed by atoms with Crippen LogP contribution in [0.2, 0.25) is 0 Å². The summed E-state index contributed by atoms with van der Waals surface area (Å²) in [5.41, 5.74) is 0.990. The fourth-order valence-corrected chi connectivity index (χ4v) is 13.6. The number of primary amides is 1. The summed E-state index contributed by atoms with van der Waals surface area (Å²) >= 11 is 0.802. The van der Waals surface area contributed by atoms with E-state index >= 15 is 4.39 Å². The number of nitrogens with two attached hydrogens (primary N) is 1. The summed E-state index contributed by atoms with van der Waals surface area (Å²) in [4.78, 5) is 147. The Hall–Kier alpha value is -7.31. The van der Waals surface area contributed by atoms with E-state index < -0.39 is 145 Å². The molecule has 4 saturated heterocycles. The molecular weight excluding hydrogens is 1230 g/mol. The SMILES string of the molecule is CC(C)(C)c1ccc(C[C@H](NC(=O)[C@H](CCC(N)=O)NC(=O)[C@@H]2CC[C@@H]3CCN(CC(F)F)C[C@H](NC(=O)c4cc5cc(C(F)(F)P(=O)(O)O)ccc5s4)C(=O)N32)C(O)N2CCN(CCNc3ccc(F)c4c3C(=O)N(C3CCC(=O)NC3=O)C4=O)CC2)cc1. The molecule has 486 valence electrons. The zero-order chi connectivity index (χ0) is 65.3. The molecule has 9 rings (SSSR count). The number of carbonyl (C=O) groups excluding carboxylic acids is 9. The van der Waals surface area contributed by atoms with Crippen LogP contribution < -0.4 is 32.3 Å². The Labute approximate surface area is 517 Å². The number of amides is 9. The number of benzene rings is 3. The Morgan fingerprint density at radius 1 is 0.844 bits per heavy atom. The van der Waals surface area contributed by atoms with Gasteiger partial charge in [-0.05, 0) is 90.8 Å². The van der Waals surface area contributed by atoms with Crippen molar-refractivity contribution >= 4 is 87.9 Å². The van der Waals surface area contributed by atoms with E-state index in [-0.39, 0.29) is 109 Å². The van der Waals surface area contributed by atoms with Crippen LogP contribution in [-0.4, -0.2) is 200 Å². The lowest BCUT2D eigenvalue weighted by Gasteiger charge is -2.40. The van der Waals surface area contributed by atoms with Crippen LogP contribution >= 0.6 is 18.9 Å². The van der Waals surface area contributed by atoms with Gasteiger partial charge < -0.3 is 46.8 Å². The molecule has 4 fully saturated rings. The van der Waals surface area contributed by atoms with E-state index in [1.807, 2.05) is 49.9 Å². The van der Waals surface area contributed by atoms with Gasteiger partial charge in [-0.3, -0.25) is 72.6 Å². The first-order chi connectivity index (χ1) is 42.4. The highest BCUT2D eigenvalue weighted by Gasteiger charge is 2.51. The Kier molecular flexibility index (Phi) is 20.3. The number of hydrogen-bond acceptors (Lipinski definition) is 16. The highest BCUT2D eigenvalue weighted by atomic mass is 32.1. The third kappa shape index (κ3) is 14.9. The number of anilines is 1. The van der Waals surface area contributed by atoms with Gasteiger partial charge in [-0.25, -0.2) is 13.2 Å². The Bertz CT molecular complexity index is 3510. The molecule has 10 N–H and O–H groups in total. The zero-order valence-electron chi connectivity index (χ0n) is 49.4. The second-order valence-electron chi connectivity index (χ2n) is 24.2. The molecule has 6 heterocycles. The van der Waals surface area contributed by atoms with Gasteiger partial charge in [0.25, 0.3) is 24.1 Å². The van der Waals surface area contributed by atoms with Crippen LogP contribution in [0.25, 0.3) is 10.1 Å². The molecule has 0 aliphatic carbocycles. The summed E-state index contributed by atoms with van der Waals surface area (Å²) in [6, 6.07) is 6.54. The minimum absolute atomic E-state index is 0.0137. The van der Waals surface area contributed by atoms with Crippen molar-refractivity contribution in [3.63, 3.8) is 0 Å². The number of aliphatic hydroxyl groups excluding tert-OH is 1. The van der Waals surface area contributed by atoms with E-state index in [2.05, 4.69) is 26.6 Å². The number of rotatable bonds is 22. The Morgan fingerprint density at radius 3 is 2.19 bits per heavy atom. The third-order valence-corrected chi connectivity index (χ3v) is 19.2. The van der Waals surface area contributed by atoms with Crippen molar-refractivity contribution in [1.29, 1.82) is 0 Å². The number of alkyl halides is 4. The molecule has 0 spiro atoms. The van der Waals surface area contributed by atoms with Crippen molar-refractivity contribution in [1.82, 2.24) is 45.8 Å². The average Bonchev–Trinajstić information content (AvgIpc) is 1.61. The molecule has 0 bridgehead atoms. The number of thiophene rings is 1. The quantitative estimate of drug-likeness (QED) is 0.0310. The first kappa shape index (κ1) is 67.1. The molecule has 4 aromatic rings. The predicted octanol–water partition coefficient (Wildman–Crippen LogP) is 2.92. The maximum absolute atomic E-state index is 15.2. The summed E-state index contributed by atoms with van der Waals surface area (Å²) in [6.07, 6.45) is -4.62. The second kappa shape index (κ2) is 27.3. The lowest BCUT2D eigenvalue weighted by atomic mass is 9.86. The maximum atomic E-state index is 15.2. The number of nitrogens with zero attached hydrogens (tertiary/aromatic N) is 5. The van der Waals surface area contributed by atoms with Gasteiger partial charge in [-0.2, -0.15) is 8.78 Å². The van der Waals surface area contributed by atoms with Crippen molar-refractivity contribution in [3.05, 3.63) is 99.2 Å². The maximum Gasteiger partial charge on any atom is 0.399 e. The highest BCUT2D eigenvalue weighted by molar-refractivity contribution is 7.52. The Balaban J connectivity index is 0.882. The van der Waals surface area contributed by atoms with E-state index in [9.17, 15) is 80.2 Å². The van der Waals surface area contributed by atoms with Crippen LogP contribution in [0.3, 0.4) is 0 Å². The minimum atomic E-state index is -5.95. The molecule has 9 amide bonds. The van der Waals surface area contributed by atoms with Gasteiger partial charge >= 0.3 is 13.3 Å². The summed E-state index contributed by atoms with van der Waals surface area (Å²) in [7, 11) is -5.95. The normalized spacial score (nSPS) is 21.8. The van der Waals surface area contributed by atoms with Gasteiger partial charge in [0.2, 0.25) is 35.4 Å². The first-order valence-corrected chi connectivity index (χ1v) is 31.8. The number of fused-ring (bicyclic) bond motifs is 3. The summed E-state index contributed by atoms with van der Waals surface area (Å²) in [5, 5.41) is 25.7. The molecular formula is C59H71F5N11O13PS. The van der Waals surface area contributed by atoms with Gasteiger partial charge in [0, 0.05) is 87.2 Å². The minimum Gasteiger partial charge on any atom is -0.383 e. The van der Waals surface area contributed by atoms with Crippen LogP contribution in [0.4, 0.5) is 27.6 Å². The summed E-state index contributed by atoms with van der Waals surface area (Å²) < 4.78 is 84.2. The summed E-state index contributed by atoms with van der Waals surface area (Å²) in [5.74, 6) is -8.39. The van der Waals surface area contributed by atoms with Crippen LogP contribution in [0, 0.1) is 5.82 Å². The molecule has 31 heteroatoms. The van der Waals surface area contributed by atoms with Gasteiger partial charge in [0.1, 0.15) is 36.2 Å². The first-order valence-electron chi connectivity index (χ1n) is 29.4.